The van der Waals surface area contributed by atoms with E-state index in [1.165, 1.54) is 4.90 Å². The van der Waals surface area contributed by atoms with Crippen molar-refractivity contribution >= 4 is 29.2 Å². The zero-order valence-electron chi connectivity index (χ0n) is 13.6. The number of hydrogen-bond donors (Lipinski definition) is 0. The van der Waals surface area contributed by atoms with Gasteiger partial charge in [-0.15, -0.1) is 0 Å². The van der Waals surface area contributed by atoms with Crippen molar-refractivity contribution in [1.29, 1.82) is 0 Å². The van der Waals surface area contributed by atoms with Gasteiger partial charge in [-0.25, -0.2) is 4.90 Å². The summed E-state index contributed by atoms with van der Waals surface area (Å²) in [6, 6.07) is 18.0. The van der Waals surface area contributed by atoms with Crippen LogP contribution in [0, 0.1) is 6.92 Å². The topological polar surface area (TPSA) is 50.5 Å². The fourth-order valence-electron chi connectivity index (χ4n) is 3.04. The third-order valence-electron chi connectivity index (χ3n) is 4.27. The number of benzene rings is 2. The van der Waals surface area contributed by atoms with Crippen molar-refractivity contribution in [1.82, 2.24) is 0 Å². The molecule has 0 spiro atoms. The molecule has 4 heteroatoms. The maximum absolute atomic E-state index is 13.2. The number of carbonyl (C=O) groups excluding carboxylic acids is 2. The molecular formula is C21H15NO3. The first kappa shape index (κ1) is 15.1. The number of carbonyl (C=O) groups is 2. The molecule has 0 fully saturated rings. The Morgan fingerprint density at radius 2 is 1.56 bits per heavy atom. The van der Waals surface area contributed by atoms with Gasteiger partial charge in [-0.2, -0.15) is 0 Å². The van der Waals surface area contributed by atoms with E-state index < -0.39 is 0 Å². The average Bonchev–Trinajstić information content (AvgIpc) is 3.13. The third-order valence-corrected chi connectivity index (χ3v) is 4.27. The molecule has 0 unspecified atom stereocenters. The maximum atomic E-state index is 13.2. The van der Waals surface area contributed by atoms with Gasteiger partial charge in [-0.3, -0.25) is 9.59 Å². The van der Waals surface area contributed by atoms with Crippen LogP contribution in [0.3, 0.4) is 0 Å². The van der Waals surface area contributed by atoms with Gasteiger partial charge in [-0.05, 0) is 42.8 Å². The summed E-state index contributed by atoms with van der Waals surface area (Å²) in [6.07, 6.45) is 3.23. The molecule has 4 rings (SSSR count). The van der Waals surface area contributed by atoms with Crippen molar-refractivity contribution in [2.45, 2.75) is 6.92 Å². The minimum atomic E-state index is -0.352. The van der Waals surface area contributed by atoms with Crippen LogP contribution in [0.1, 0.15) is 27.2 Å². The number of fused-ring (bicyclic) bond motifs is 1. The van der Waals surface area contributed by atoms with Gasteiger partial charge in [0.05, 0.1) is 17.5 Å². The summed E-state index contributed by atoms with van der Waals surface area (Å²) in [5.41, 5.74) is 3.02. The lowest BCUT2D eigenvalue weighted by molar-refractivity contribution is -0.112. The number of aryl methyl sites for hydroxylation is 1. The highest BCUT2D eigenvalue weighted by molar-refractivity contribution is 6.43. The van der Waals surface area contributed by atoms with Gasteiger partial charge < -0.3 is 4.42 Å². The van der Waals surface area contributed by atoms with E-state index >= 15 is 0 Å². The number of nitrogens with zero attached hydrogens (tertiary/aromatic N) is 1. The SMILES string of the molecule is Cc1ccccc1N1C(=O)/C(=C\c2ccco2)c2ccccc2C1=O. The van der Waals surface area contributed by atoms with E-state index in [0.29, 0.717) is 28.1 Å². The van der Waals surface area contributed by atoms with Crippen molar-refractivity contribution in [2.24, 2.45) is 0 Å². The molecule has 2 heterocycles. The van der Waals surface area contributed by atoms with Gasteiger partial charge >= 0.3 is 0 Å². The molecule has 25 heavy (non-hydrogen) atoms. The Kier molecular flexibility index (Phi) is 3.58. The summed E-state index contributed by atoms with van der Waals surface area (Å²) in [5.74, 6) is -0.0990. The summed E-state index contributed by atoms with van der Waals surface area (Å²) >= 11 is 0. The summed E-state index contributed by atoms with van der Waals surface area (Å²) in [4.78, 5) is 27.4. The Hall–Kier alpha value is -3.40. The lowest BCUT2D eigenvalue weighted by Crippen LogP contribution is -2.42. The number of furan rings is 1. The number of para-hydroxylation sites is 1. The standard InChI is InChI=1S/C21H15NO3/c1-14-7-2-5-11-19(14)22-20(23)17-10-4-3-9-16(17)18(21(22)24)13-15-8-6-12-25-15/h2-13H,1H3/b18-13-. The Bertz CT molecular complexity index is 999. The van der Waals surface area contributed by atoms with Crippen LogP contribution in [0.2, 0.25) is 0 Å². The predicted octanol–water partition coefficient (Wildman–Crippen LogP) is 4.32. The highest BCUT2D eigenvalue weighted by Crippen LogP contribution is 2.34. The van der Waals surface area contributed by atoms with Crippen LogP contribution < -0.4 is 4.90 Å². The summed E-state index contributed by atoms with van der Waals surface area (Å²) in [6.45, 7) is 1.88. The van der Waals surface area contributed by atoms with Gasteiger partial charge in [0, 0.05) is 11.1 Å². The molecule has 2 amide bonds. The van der Waals surface area contributed by atoms with E-state index in [9.17, 15) is 9.59 Å². The summed E-state index contributed by atoms with van der Waals surface area (Å²) in [5, 5.41) is 0. The molecule has 1 aliphatic rings. The van der Waals surface area contributed by atoms with Crippen molar-refractivity contribution in [2.75, 3.05) is 4.90 Å². The van der Waals surface area contributed by atoms with Crippen molar-refractivity contribution < 1.29 is 14.0 Å². The van der Waals surface area contributed by atoms with E-state index in [1.807, 2.05) is 31.2 Å². The molecule has 2 aromatic carbocycles. The predicted molar refractivity (Wildman–Crippen MR) is 96.0 cm³/mol. The number of imide groups is 1. The molecule has 0 N–H and O–H groups in total. The van der Waals surface area contributed by atoms with Gasteiger partial charge in [0.15, 0.2) is 0 Å². The molecule has 3 aromatic rings. The maximum Gasteiger partial charge on any atom is 0.266 e. The van der Waals surface area contributed by atoms with Crippen molar-refractivity contribution in [3.8, 4) is 0 Å². The third kappa shape index (κ3) is 2.48. The van der Waals surface area contributed by atoms with E-state index in [-0.39, 0.29) is 11.8 Å². The molecule has 0 saturated carbocycles. The van der Waals surface area contributed by atoms with E-state index in [0.717, 1.165) is 5.56 Å². The second-order valence-corrected chi connectivity index (χ2v) is 5.85. The zero-order valence-corrected chi connectivity index (χ0v) is 13.6. The van der Waals surface area contributed by atoms with Gasteiger partial charge in [0.2, 0.25) is 0 Å². The fourth-order valence-corrected chi connectivity index (χ4v) is 3.04. The Morgan fingerprint density at radius 1 is 0.840 bits per heavy atom. The first-order chi connectivity index (χ1) is 12.2. The molecule has 0 bridgehead atoms. The van der Waals surface area contributed by atoms with E-state index in [2.05, 4.69) is 0 Å². The Balaban J connectivity index is 1.94. The van der Waals surface area contributed by atoms with Crippen molar-refractivity contribution in [3.63, 3.8) is 0 Å². The van der Waals surface area contributed by atoms with Crippen molar-refractivity contribution in [3.05, 3.63) is 89.4 Å². The van der Waals surface area contributed by atoms with Crippen LogP contribution >= 0.6 is 0 Å². The van der Waals surface area contributed by atoms with Gasteiger partial charge in [0.1, 0.15) is 5.76 Å². The molecule has 0 radical (unpaired) electrons. The molecule has 122 valence electrons. The van der Waals surface area contributed by atoms with Crippen LogP contribution in [-0.4, -0.2) is 11.8 Å². The van der Waals surface area contributed by atoms with Crippen LogP contribution in [-0.2, 0) is 4.79 Å². The van der Waals surface area contributed by atoms with E-state index in [4.69, 9.17) is 4.42 Å². The normalized spacial score (nSPS) is 15.6. The Morgan fingerprint density at radius 3 is 2.28 bits per heavy atom. The first-order valence-corrected chi connectivity index (χ1v) is 7.96. The smallest absolute Gasteiger partial charge is 0.266 e. The number of hydrogen-bond acceptors (Lipinski definition) is 3. The number of amides is 2. The minimum absolute atomic E-state index is 0.313. The molecule has 4 nitrogen and oxygen atoms in total. The lowest BCUT2D eigenvalue weighted by atomic mass is 9.92. The number of rotatable bonds is 2. The van der Waals surface area contributed by atoms with Gasteiger partial charge in [0.25, 0.3) is 11.8 Å². The molecule has 1 aliphatic heterocycles. The largest absolute Gasteiger partial charge is 0.465 e. The highest BCUT2D eigenvalue weighted by Gasteiger charge is 2.36. The van der Waals surface area contributed by atoms with Crippen LogP contribution in [0.25, 0.3) is 11.6 Å². The lowest BCUT2D eigenvalue weighted by Gasteiger charge is -2.29. The van der Waals surface area contributed by atoms with Crippen LogP contribution in [0.15, 0.2) is 71.3 Å². The monoisotopic (exact) mass is 329 g/mol. The number of anilines is 1. The second kappa shape index (κ2) is 5.91. The highest BCUT2D eigenvalue weighted by atomic mass is 16.3. The second-order valence-electron chi connectivity index (χ2n) is 5.85. The van der Waals surface area contributed by atoms with Gasteiger partial charge in [-0.1, -0.05) is 36.4 Å². The first-order valence-electron chi connectivity index (χ1n) is 7.96. The Labute approximate surface area is 145 Å². The van der Waals surface area contributed by atoms with Crippen LogP contribution in [0.5, 0.6) is 0 Å². The summed E-state index contributed by atoms with van der Waals surface area (Å²) in [7, 11) is 0. The average molecular weight is 329 g/mol. The van der Waals surface area contributed by atoms with E-state index in [1.54, 1.807) is 48.7 Å². The quantitative estimate of drug-likeness (QED) is 0.520. The van der Waals surface area contributed by atoms with Crippen LogP contribution in [0.4, 0.5) is 5.69 Å². The summed E-state index contributed by atoms with van der Waals surface area (Å²) < 4.78 is 5.36. The minimum Gasteiger partial charge on any atom is -0.465 e. The molecular weight excluding hydrogens is 314 g/mol. The zero-order chi connectivity index (χ0) is 17.4. The molecule has 0 atom stereocenters. The fraction of sp³-hybridized carbons (Fsp3) is 0.0476. The molecule has 0 saturated heterocycles. The molecule has 1 aromatic heterocycles. The molecule has 0 aliphatic carbocycles.